The first-order valence-electron chi connectivity index (χ1n) is 7.28. The van der Waals surface area contributed by atoms with E-state index in [2.05, 4.69) is 11.4 Å². The molecule has 0 aliphatic carbocycles. The lowest BCUT2D eigenvalue weighted by atomic mass is 9.90. The number of nitrogens with one attached hydrogen (secondary N) is 1. The van der Waals surface area contributed by atoms with Crippen molar-refractivity contribution in [2.24, 2.45) is 5.92 Å². The molecule has 0 atom stereocenters. The van der Waals surface area contributed by atoms with Gasteiger partial charge < -0.3 is 10.1 Å². The smallest absolute Gasteiger partial charge is 0.157 e. The quantitative estimate of drug-likeness (QED) is 0.912. The topological polar surface area (TPSA) is 55.4 Å². The second-order valence-corrected chi connectivity index (χ2v) is 7.98. The van der Waals surface area contributed by atoms with Gasteiger partial charge in [-0.2, -0.15) is 0 Å². The van der Waals surface area contributed by atoms with E-state index < -0.39 is 9.84 Å². The second kappa shape index (κ2) is 5.74. The summed E-state index contributed by atoms with van der Waals surface area (Å²) in [4.78, 5) is 0. The van der Waals surface area contributed by atoms with Gasteiger partial charge >= 0.3 is 0 Å². The van der Waals surface area contributed by atoms with E-state index in [1.54, 1.807) is 0 Å². The number of rotatable bonds is 4. The van der Waals surface area contributed by atoms with Gasteiger partial charge in [0.15, 0.2) is 9.84 Å². The van der Waals surface area contributed by atoms with E-state index >= 15 is 0 Å². The zero-order valence-corrected chi connectivity index (χ0v) is 12.4. The van der Waals surface area contributed by atoms with Crippen molar-refractivity contribution in [3.8, 4) is 5.75 Å². The Bertz CT molecular complexity index is 552. The van der Waals surface area contributed by atoms with E-state index in [0.29, 0.717) is 5.92 Å². The van der Waals surface area contributed by atoms with Crippen LogP contribution in [0.4, 0.5) is 0 Å². The Morgan fingerprint density at radius 1 is 1.15 bits per heavy atom. The molecule has 0 aromatic heterocycles. The average Bonchev–Trinajstić information content (AvgIpc) is 2.40. The molecule has 2 aliphatic rings. The minimum absolute atomic E-state index is 0.158. The van der Waals surface area contributed by atoms with E-state index in [-0.39, 0.29) is 17.6 Å². The molecule has 4 nitrogen and oxygen atoms in total. The molecule has 0 spiro atoms. The molecule has 2 heterocycles. The van der Waals surface area contributed by atoms with E-state index in [9.17, 15) is 8.42 Å². The van der Waals surface area contributed by atoms with Crippen molar-refractivity contribution in [2.45, 2.75) is 25.4 Å². The molecule has 3 rings (SSSR count). The Labute approximate surface area is 120 Å². The number of piperidine rings is 1. The van der Waals surface area contributed by atoms with Crippen molar-refractivity contribution < 1.29 is 13.2 Å². The first kappa shape index (κ1) is 13.9. The Morgan fingerprint density at radius 2 is 1.85 bits per heavy atom. The van der Waals surface area contributed by atoms with Crippen molar-refractivity contribution in [2.75, 3.05) is 24.6 Å². The normalized spacial score (nSPS) is 23.2. The van der Waals surface area contributed by atoms with Crippen LogP contribution in [0.2, 0.25) is 0 Å². The van der Waals surface area contributed by atoms with Crippen LogP contribution in [0.15, 0.2) is 24.3 Å². The summed E-state index contributed by atoms with van der Waals surface area (Å²) in [7, 11) is -2.82. The minimum Gasteiger partial charge on any atom is -0.488 e. The van der Waals surface area contributed by atoms with Crippen molar-refractivity contribution >= 4 is 9.84 Å². The van der Waals surface area contributed by atoms with Crippen molar-refractivity contribution in [3.63, 3.8) is 0 Å². The minimum atomic E-state index is -2.82. The first-order chi connectivity index (χ1) is 9.62. The van der Waals surface area contributed by atoms with E-state index in [1.807, 2.05) is 18.2 Å². The van der Waals surface area contributed by atoms with Crippen LogP contribution in [0.1, 0.15) is 18.4 Å². The zero-order chi connectivity index (χ0) is 14.0. The standard InChI is InChI=1S/C15H21NO3S/c17-20(18)10-14(11-20)19-15-4-2-1-3-13(15)9-12-5-7-16-8-6-12/h1-4,12,14,16H,5-11H2. The predicted octanol–water partition coefficient (Wildman–Crippen LogP) is 1.40. The van der Waals surface area contributed by atoms with Gasteiger partial charge in [-0.3, -0.25) is 0 Å². The van der Waals surface area contributed by atoms with Crippen LogP contribution in [-0.2, 0) is 16.3 Å². The summed E-state index contributed by atoms with van der Waals surface area (Å²) in [6.45, 7) is 2.18. The molecule has 0 radical (unpaired) electrons. The molecule has 20 heavy (non-hydrogen) atoms. The fourth-order valence-corrected chi connectivity index (χ4v) is 4.12. The number of benzene rings is 1. The lowest BCUT2D eigenvalue weighted by molar-refractivity contribution is 0.226. The van der Waals surface area contributed by atoms with Crippen LogP contribution >= 0.6 is 0 Å². The SMILES string of the molecule is O=S1(=O)CC(Oc2ccccc2CC2CCNCC2)C1. The van der Waals surface area contributed by atoms with Crippen molar-refractivity contribution in [1.82, 2.24) is 5.32 Å². The highest BCUT2D eigenvalue weighted by Gasteiger charge is 2.35. The third-order valence-electron chi connectivity index (χ3n) is 4.11. The molecule has 1 aromatic carbocycles. The van der Waals surface area contributed by atoms with Gasteiger partial charge in [0, 0.05) is 0 Å². The van der Waals surface area contributed by atoms with Crippen LogP contribution in [0.5, 0.6) is 5.75 Å². The molecular formula is C15H21NO3S. The molecule has 1 N–H and O–H groups in total. The lowest BCUT2D eigenvalue weighted by Crippen LogP contribution is -2.45. The Kier molecular flexibility index (Phi) is 3.98. The number of sulfone groups is 1. The fraction of sp³-hybridized carbons (Fsp3) is 0.600. The van der Waals surface area contributed by atoms with E-state index in [1.165, 1.54) is 18.4 Å². The largest absolute Gasteiger partial charge is 0.488 e. The van der Waals surface area contributed by atoms with Crippen LogP contribution in [0.25, 0.3) is 0 Å². The summed E-state index contributed by atoms with van der Waals surface area (Å²) in [5, 5.41) is 3.38. The molecule has 0 bridgehead atoms. The molecule has 0 saturated carbocycles. The van der Waals surface area contributed by atoms with E-state index in [0.717, 1.165) is 25.3 Å². The molecule has 2 fully saturated rings. The van der Waals surface area contributed by atoms with Gasteiger partial charge in [-0.1, -0.05) is 18.2 Å². The molecule has 2 aliphatic heterocycles. The van der Waals surface area contributed by atoms with Crippen molar-refractivity contribution in [3.05, 3.63) is 29.8 Å². The van der Waals surface area contributed by atoms with Gasteiger partial charge in [-0.15, -0.1) is 0 Å². The summed E-state index contributed by atoms with van der Waals surface area (Å²) in [6, 6.07) is 8.04. The maximum atomic E-state index is 11.2. The number of ether oxygens (including phenoxy) is 1. The first-order valence-corrected chi connectivity index (χ1v) is 9.10. The zero-order valence-electron chi connectivity index (χ0n) is 11.5. The molecular weight excluding hydrogens is 274 g/mol. The molecule has 1 aromatic rings. The predicted molar refractivity (Wildman–Crippen MR) is 78.8 cm³/mol. The second-order valence-electron chi connectivity index (χ2n) is 5.82. The van der Waals surface area contributed by atoms with Gasteiger partial charge in [0.05, 0.1) is 11.5 Å². The third kappa shape index (κ3) is 3.33. The number of para-hydroxylation sites is 1. The van der Waals surface area contributed by atoms with Crippen molar-refractivity contribution in [1.29, 1.82) is 0 Å². The molecule has 110 valence electrons. The Morgan fingerprint density at radius 3 is 2.55 bits per heavy atom. The van der Waals surface area contributed by atoms with Crippen LogP contribution in [0, 0.1) is 5.92 Å². The molecule has 0 unspecified atom stereocenters. The molecule has 2 saturated heterocycles. The summed E-state index contributed by atoms with van der Waals surface area (Å²) in [5.74, 6) is 1.89. The fourth-order valence-electron chi connectivity index (χ4n) is 2.95. The van der Waals surface area contributed by atoms with E-state index in [4.69, 9.17) is 4.74 Å². The van der Waals surface area contributed by atoms with Gasteiger partial charge in [0.1, 0.15) is 11.9 Å². The van der Waals surface area contributed by atoms with Crippen LogP contribution in [-0.4, -0.2) is 39.1 Å². The van der Waals surface area contributed by atoms with Crippen LogP contribution in [0.3, 0.4) is 0 Å². The average molecular weight is 295 g/mol. The summed E-state index contributed by atoms with van der Waals surface area (Å²) in [6.07, 6.45) is 3.27. The third-order valence-corrected chi connectivity index (χ3v) is 5.87. The highest BCUT2D eigenvalue weighted by molar-refractivity contribution is 7.92. The monoisotopic (exact) mass is 295 g/mol. The Hall–Kier alpha value is -1.07. The number of hydrogen-bond donors (Lipinski definition) is 1. The summed E-state index contributed by atoms with van der Waals surface area (Å²) >= 11 is 0. The van der Waals surface area contributed by atoms with Gasteiger partial charge in [0.25, 0.3) is 0 Å². The van der Waals surface area contributed by atoms with Gasteiger partial charge in [-0.25, -0.2) is 8.42 Å². The van der Waals surface area contributed by atoms with Gasteiger partial charge in [-0.05, 0) is 49.9 Å². The summed E-state index contributed by atoms with van der Waals surface area (Å²) in [5.41, 5.74) is 1.21. The summed E-state index contributed by atoms with van der Waals surface area (Å²) < 4.78 is 28.3. The maximum absolute atomic E-state index is 11.2. The molecule has 5 heteroatoms. The van der Waals surface area contributed by atoms with Gasteiger partial charge in [0.2, 0.25) is 0 Å². The Balaban J connectivity index is 1.65. The highest BCUT2D eigenvalue weighted by Crippen LogP contribution is 2.27. The maximum Gasteiger partial charge on any atom is 0.157 e. The number of hydrogen-bond acceptors (Lipinski definition) is 4. The molecule has 0 amide bonds. The highest BCUT2D eigenvalue weighted by atomic mass is 32.2. The van der Waals surface area contributed by atoms with Crippen LogP contribution < -0.4 is 10.1 Å². The lowest BCUT2D eigenvalue weighted by Gasteiger charge is -2.28.